The predicted molar refractivity (Wildman–Crippen MR) is 58.4 cm³/mol. The van der Waals surface area contributed by atoms with E-state index in [-0.39, 0.29) is 12.4 Å². The lowest BCUT2D eigenvalue weighted by Gasteiger charge is -2.15. The van der Waals surface area contributed by atoms with E-state index in [2.05, 4.69) is 0 Å². The molecule has 0 aromatic heterocycles. The average molecular weight is 219 g/mol. The fourth-order valence-electron chi connectivity index (χ4n) is 1.87. The Labute approximate surface area is 93.4 Å². The van der Waals surface area contributed by atoms with Gasteiger partial charge in [0, 0.05) is 12.0 Å². The minimum atomic E-state index is -0.506. The van der Waals surface area contributed by atoms with Crippen LogP contribution in [-0.2, 0) is 11.2 Å². The first-order valence-electron chi connectivity index (χ1n) is 5.24. The normalized spacial score (nSPS) is 14.4. The fraction of sp³-hybridized carbons (Fsp3) is 0.333. The van der Waals surface area contributed by atoms with Crippen LogP contribution in [-0.4, -0.2) is 18.3 Å². The van der Waals surface area contributed by atoms with Gasteiger partial charge in [-0.05, 0) is 36.6 Å². The van der Waals surface area contributed by atoms with Gasteiger partial charge in [0.05, 0.1) is 0 Å². The van der Waals surface area contributed by atoms with E-state index in [1.165, 1.54) is 0 Å². The van der Waals surface area contributed by atoms with Gasteiger partial charge in [-0.15, -0.1) is 0 Å². The number of rotatable bonds is 3. The molecule has 1 aliphatic carbocycles. The van der Waals surface area contributed by atoms with Gasteiger partial charge in [-0.2, -0.15) is 0 Å². The molecule has 1 aliphatic rings. The monoisotopic (exact) mass is 219 g/mol. The molecule has 0 saturated heterocycles. The molecule has 84 valence electrons. The van der Waals surface area contributed by atoms with E-state index >= 15 is 0 Å². The van der Waals surface area contributed by atoms with Crippen LogP contribution in [0.4, 0.5) is 0 Å². The van der Waals surface area contributed by atoms with Gasteiger partial charge >= 0.3 is 0 Å². The highest BCUT2D eigenvalue weighted by molar-refractivity contribution is 5.98. The van der Waals surface area contributed by atoms with Gasteiger partial charge in [-0.3, -0.25) is 9.59 Å². The number of ketones is 1. The maximum Gasteiger partial charge on any atom is 0.255 e. The molecule has 1 aromatic rings. The lowest BCUT2D eigenvalue weighted by Crippen LogP contribution is -2.20. The Balaban J connectivity index is 2.18. The molecule has 4 nitrogen and oxygen atoms in total. The van der Waals surface area contributed by atoms with Crippen molar-refractivity contribution in [1.29, 1.82) is 0 Å². The third kappa shape index (κ3) is 2.21. The van der Waals surface area contributed by atoms with Crippen LogP contribution in [0.5, 0.6) is 5.75 Å². The highest BCUT2D eigenvalue weighted by atomic mass is 16.5. The molecule has 0 unspecified atom stereocenters. The first-order valence-corrected chi connectivity index (χ1v) is 5.24. The molecule has 0 spiro atoms. The molecular weight excluding hydrogens is 206 g/mol. The standard InChI is InChI=1S/C12H13NO3/c13-12(15)7-16-9-4-5-10-8(6-9)2-1-3-11(10)14/h4-6H,1-3,7H2,(H2,13,15). The summed E-state index contributed by atoms with van der Waals surface area (Å²) in [7, 11) is 0. The highest BCUT2D eigenvalue weighted by Gasteiger charge is 2.17. The lowest BCUT2D eigenvalue weighted by atomic mass is 9.91. The van der Waals surface area contributed by atoms with Crippen LogP contribution in [0, 0.1) is 0 Å². The largest absolute Gasteiger partial charge is 0.484 e. The maximum atomic E-state index is 11.5. The van der Waals surface area contributed by atoms with E-state index in [1.807, 2.05) is 6.07 Å². The van der Waals surface area contributed by atoms with Gasteiger partial charge in [0.2, 0.25) is 0 Å². The molecule has 0 heterocycles. The minimum Gasteiger partial charge on any atom is -0.484 e. The third-order valence-corrected chi connectivity index (χ3v) is 2.61. The van der Waals surface area contributed by atoms with E-state index in [0.717, 1.165) is 24.0 Å². The van der Waals surface area contributed by atoms with Gasteiger partial charge in [0.15, 0.2) is 12.4 Å². The summed E-state index contributed by atoms with van der Waals surface area (Å²) in [5.41, 5.74) is 6.76. The first kappa shape index (κ1) is 10.7. The molecule has 4 heteroatoms. The van der Waals surface area contributed by atoms with Crippen molar-refractivity contribution in [3.8, 4) is 5.75 Å². The van der Waals surface area contributed by atoms with Crippen molar-refractivity contribution in [1.82, 2.24) is 0 Å². The van der Waals surface area contributed by atoms with Gasteiger partial charge in [-0.1, -0.05) is 0 Å². The number of primary amides is 1. The summed E-state index contributed by atoms with van der Waals surface area (Å²) in [6.07, 6.45) is 2.38. The van der Waals surface area contributed by atoms with Gasteiger partial charge in [0.1, 0.15) is 5.75 Å². The number of carbonyl (C=O) groups excluding carboxylic acids is 2. The SMILES string of the molecule is NC(=O)COc1ccc2c(c1)CCCC2=O. The Morgan fingerprint density at radius 1 is 1.38 bits per heavy atom. The summed E-state index contributed by atoms with van der Waals surface area (Å²) < 4.78 is 5.18. The van der Waals surface area contributed by atoms with Crippen LogP contribution in [0.1, 0.15) is 28.8 Å². The van der Waals surface area contributed by atoms with E-state index in [0.29, 0.717) is 12.2 Å². The average Bonchev–Trinajstić information content (AvgIpc) is 2.26. The number of benzene rings is 1. The van der Waals surface area contributed by atoms with Crippen molar-refractivity contribution in [3.05, 3.63) is 29.3 Å². The molecule has 16 heavy (non-hydrogen) atoms. The van der Waals surface area contributed by atoms with E-state index in [1.54, 1.807) is 12.1 Å². The zero-order valence-corrected chi connectivity index (χ0v) is 8.86. The van der Waals surface area contributed by atoms with Crippen LogP contribution in [0.2, 0.25) is 0 Å². The number of fused-ring (bicyclic) bond motifs is 1. The van der Waals surface area contributed by atoms with E-state index < -0.39 is 5.91 Å². The molecule has 0 atom stereocenters. The van der Waals surface area contributed by atoms with Gasteiger partial charge < -0.3 is 10.5 Å². The summed E-state index contributed by atoms with van der Waals surface area (Å²) in [4.78, 5) is 22.1. The number of nitrogens with two attached hydrogens (primary N) is 1. The highest BCUT2D eigenvalue weighted by Crippen LogP contribution is 2.25. The zero-order chi connectivity index (χ0) is 11.5. The van der Waals surface area contributed by atoms with Crippen molar-refractivity contribution < 1.29 is 14.3 Å². The second-order valence-corrected chi connectivity index (χ2v) is 3.85. The van der Waals surface area contributed by atoms with Crippen molar-refractivity contribution in [3.63, 3.8) is 0 Å². The van der Waals surface area contributed by atoms with Crippen LogP contribution >= 0.6 is 0 Å². The Kier molecular flexibility index (Phi) is 2.90. The number of ether oxygens (including phenoxy) is 1. The summed E-state index contributed by atoms with van der Waals surface area (Å²) in [5, 5.41) is 0. The number of aryl methyl sites for hydroxylation is 1. The van der Waals surface area contributed by atoms with Crippen LogP contribution in [0.3, 0.4) is 0 Å². The van der Waals surface area contributed by atoms with Crippen molar-refractivity contribution in [2.24, 2.45) is 5.73 Å². The molecule has 0 aliphatic heterocycles. The predicted octanol–water partition coefficient (Wildman–Crippen LogP) is 1.07. The van der Waals surface area contributed by atoms with Gasteiger partial charge in [-0.25, -0.2) is 0 Å². The second-order valence-electron chi connectivity index (χ2n) is 3.85. The quantitative estimate of drug-likeness (QED) is 0.826. The molecule has 2 N–H and O–H groups in total. The van der Waals surface area contributed by atoms with Crippen LogP contribution in [0.15, 0.2) is 18.2 Å². The first-order chi connectivity index (χ1) is 7.66. The fourth-order valence-corrected chi connectivity index (χ4v) is 1.87. The number of hydrogen-bond acceptors (Lipinski definition) is 3. The summed E-state index contributed by atoms with van der Waals surface area (Å²) in [5.74, 6) is 0.267. The Hall–Kier alpha value is -1.84. The summed E-state index contributed by atoms with van der Waals surface area (Å²) in [6.45, 7) is -0.132. The number of carbonyl (C=O) groups is 2. The third-order valence-electron chi connectivity index (χ3n) is 2.61. The molecule has 1 amide bonds. The zero-order valence-electron chi connectivity index (χ0n) is 8.86. The number of Topliss-reactive ketones (excluding diaryl/α,β-unsaturated/α-hetero) is 1. The number of hydrogen-bond donors (Lipinski definition) is 1. The lowest BCUT2D eigenvalue weighted by molar-refractivity contribution is -0.119. The topological polar surface area (TPSA) is 69.4 Å². The van der Waals surface area contributed by atoms with E-state index in [4.69, 9.17) is 10.5 Å². The van der Waals surface area contributed by atoms with Crippen molar-refractivity contribution in [2.45, 2.75) is 19.3 Å². The Bertz CT molecular complexity index is 440. The summed E-state index contributed by atoms with van der Waals surface area (Å²) in [6, 6.07) is 5.27. The minimum absolute atomic E-state index is 0.132. The smallest absolute Gasteiger partial charge is 0.255 e. The molecule has 2 rings (SSSR count). The maximum absolute atomic E-state index is 11.5. The molecule has 0 fully saturated rings. The molecular formula is C12H13NO3. The molecule has 0 saturated carbocycles. The molecule has 1 aromatic carbocycles. The molecule has 0 bridgehead atoms. The van der Waals surface area contributed by atoms with Crippen LogP contribution in [0.25, 0.3) is 0 Å². The summed E-state index contributed by atoms with van der Waals surface area (Å²) >= 11 is 0. The van der Waals surface area contributed by atoms with Crippen LogP contribution < -0.4 is 10.5 Å². The Morgan fingerprint density at radius 2 is 2.19 bits per heavy atom. The van der Waals surface area contributed by atoms with E-state index in [9.17, 15) is 9.59 Å². The van der Waals surface area contributed by atoms with Crippen molar-refractivity contribution in [2.75, 3.05) is 6.61 Å². The molecule has 0 radical (unpaired) electrons. The van der Waals surface area contributed by atoms with Crippen molar-refractivity contribution >= 4 is 11.7 Å². The second kappa shape index (κ2) is 4.35. The Morgan fingerprint density at radius 3 is 2.94 bits per heavy atom. The number of amides is 1. The van der Waals surface area contributed by atoms with Gasteiger partial charge in [0.25, 0.3) is 5.91 Å².